The molecule has 0 heterocycles. The molecule has 0 atom stereocenters. The summed E-state index contributed by atoms with van der Waals surface area (Å²) in [6, 6.07) is 15.5. The standard InChI is InChI=1S/C18H16N2O3/c1-13(2)23-18-6-4-3-5-15(18)11-16(12-19)14-7-9-17(10-8-14)20(21)22/h3-11,13H,1-2H3/b16-11-. The van der Waals surface area contributed by atoms with Gasteiger partial charge in [0.2, 0.25) is 0 Å². The quantitative estimate of drug-likeness (QED) is 0.354. The number of hydrogen-bond donors (Lipinski definition) is 0. The van der Waals surface area contributed by atoms with Crippen LogP contribution in [0.4, 0.5) is 5.69 Å². The highest BCUT2D eigenvalue weighted by molar-refractivity contribution is 5.90. The summed E-state index contributed by atoms with van der Waals surface area (Å²) in [6.07, 6.45) is 1.74. The molecule has 0 spiro atoms. The summed E-state index contributed by atoms with van der Waals surface area (Å²) in [6.45, 7) is 3.87. The Morgan fingerprint density at radius 3 is 2.43 bits per heavy atom. The Labute approximate surface area is 134 Å². The van der Waals surface area contributed by atoms with Gasteiger partial charge in [-0.1, -0.05) is 18.2 Å². The monoisotopic (exact) mass is 308 g/mol. The molecule has 23 heavy (non-hydrogen) atoms. The third-order valence-electron chi connectivity index (χ3n) is 3.09. The van der Waals surface area contributed by atoms with Gasteiger partial charge in [-0.15, -0.1) is 0 Å². The Morgan fingerprint density at radius 1 is 1.22 bits per heavy atom. The van der Waals surface area contributed by atoms with Crippen molar-refractivity contribution in [2.45, 2.75) is 20.0 Å². The Balaban J connectivity index is 2.40. The van der Waals surface area contributed by atoms with Crippen LogP contribution in [0.3, 0.4) is 0 Å². The molecule has 2 aromatic carbocycles. The lowest BCUT2D eigenvalue weighted by Gasteiger charge is -2.12. The highest BCUT2D eigenvalue weighted by Gasteiger charge is 2.09. The molecule has 5 heteroatoms. The minimum absolute atomic E-state index is 0.00502. The van der Waals surface area contributed by atoms with Crippen LogP contribution >= 0.6 is 0 Å². The molecule has 0 aliphatic heterocycles. The molecule has 0 amide bonds. The van der Waals surface area contributed by atoms with E-state index in [0.717, 1.165) is 5.56 Å². The highest BCUT2D eigenvalue weighted by atomic mass is 16.6. The summed E-state index contributed by atoms with van der Waals surface area (Å²) < 4.78 is 5.73. The first-order valence-electron chi connectivity index (χ1n) is 7.13. The van der Waals surface area contributed by atoms with E-state index in [1.807, 2.05) is 38.1 Å². The first-order chi connectivity index (χ1) is 11.0. The van der Waals surface area contributed by atoms with Gasteiger partial charge in [0, 0.05) is 17.7 Å². The minimum atomic E-state index is -0.467. The summed E-state index contributed by atoms with van der Waals surface area (Å²) in [4.78, 5) is 10.2. The zero-order chi connectivity index (χ0) is 16.8. The van der Waals surface area contributed by atoms with Crippen LogP contribution in [0.2, 0.25) is 0 Å². The summed E-state index contributed by atoms with van der Waals surface area (Å²) in [5, 5.41) is 20.1. The minimum Gasteiger partial charge on any atom is -0.490 e. The number of non-ortho nitro benzene ring substituents is 1. The van der Waals surface area contributed by atoms with Crippen molar-refractivity contribution in [2.75, 3.05) is 0 Å². The van der Waals surface area contributed by atoms with Gasteiger partial charge in [0.1, 0.15) is 5.75 Å². The van der Waals surface area contributed by atoms with Crippen LogP contribution in [0, 0.1) is 21.4 Å². The van der Waals surface area contributed by atoms with Gasteiger partial charge in [-0.05, 0) is 43.7 Å². The van der Waals surface area contributed by atoms with Crippen LogP contribution in [0.15, 0.2) is 48.5 Å². The van der Waals surface area contributed by atoms with E-state index in [9.17, 15) is 15.4 Å². The van der Waals surface area contributed by atoms with E-state index in [2.05, 4.69) is 6.07 Å². The molecule has 0 aliphatic carbocycles. The van der Waals surface area contributed by atoms with E-state index in [-0.39, 0.29) is 11.8 Å². The van der Waals surface area contributed by atoms with E-state index in [4.69, 9.17) is 4.74 Å². The van der Waals surface area contributed by atoms with Gasteiger partial charge in [0.05, 0.1) is 22.7 Å². The molecule has 0 fully saturated rings. The van der Waals surface area contributed by atoms with E-state index in [1.165, 1.54) is 12.1 Å². The van der Waals surface area contributed by atoms with Gasteiger partial charge >= 0.3 is 0 Å². The van der Waals surface area contributed by atoms with Crippen molar-refractivity contribution >= 4 is 17.3 Å². The first kappa shape index (κ1) is 16.2. The second-order valence-corrected chi connectivity index (χ2v) is 5.18. The molecule has 5 nitrogen and oxygen atoms in total. The molecule has 0 aliphatic rings. The second kappa shape index (κ2) is 7.23. The van der Waals surface area contributed by atoms with E-state index in [0.29, 0.717) is 16.9 Å². The van der Waals surface area contributed by atoms with Crippen LogP contribution in [0.5, 0.6) is 5.75 Å². The number of nitrogens with zero attached hydrogens (tertiary/aromatic N) is 2. The van der Waals surface area contributed by atoms with E-state index in [1.54, 1.807) is 18.2 Å². The number of para-hydroxylation sites is 1. The molecule has 116 valence electrons. The van der Waals surface area contributed by atoms with Gasteiger partial charge in [-0.25, -0.2) is 0 Å². The number of rotatable bonds is 5. The number of ether oxygens (including phenoxy) is 1. The van der Waals surface area contributed by atoms with Gasteiger partial charge in [-0.3, -0.25) is 10.1 Å². The molecule has 2 rings (SSSR count). The lowest BCUT2D eigenvalue weighted by molar-refractivity contribution is -0.384. The van der Waals surface area contributed by atoms with Crippen LogP contribution in [0.1, 0.15) is 25.0 Å². The lowest BCUT2D eigenvalue weighted by Crippen LogP contribution is -2.06. The Kier molecular flexibility index (Phi) is 5.11. The van der Waals surface area contributed by atoms with Gasteiger partial charge < -0.3 is 4.74 Å². The van der Waals surface area contributed by atoms with Crippen LogP contribution < -0.4 is 4.74 Å². The topological polar surface area (TPSA) is 76.2 Å². The molecular formula is C18H16N2O3. The predicted molar refractivity (Wildman–Crippen MR) is 88.8 cm³/mol. The molecule has 0 aromatic heterocycles. The van der Waals surface area contributed by atoms with Crippen LogP contribution in [0.25, 0.3) is 11.6 Å². The SMILES string of the molecule is CC(C)Oc1ccccc1/C=C(/C#N)c1ccc([N+](=O)[O-])cc1. The summed E-state index contributed by atoms with van der Waals surface area (Å²) >= 11 is 0. The summed E-state index contributed by atoms with van der Waals surface area (Å²) in [7, 11) is 0. The normalized spacial score (nSPS) is 11.1. The Morgan fingerprint density at radius 2 is 1.87 bits per heavy atom. The fourth-order valence-corrected chi connectivity index (χ4v) is 2.06. The summed E-state index contributed by atoms with van der Waals surface area (Å²) in [5.41, 5.74) is 1.82. The fourth-order valence-electron chi connectivity index (χ4n) is 2.06. The largest absolute Gasteiger partial charge is 0.490 e. The average molecular weight is 308 g/mol. The molecular weight excluding hydrogens is 292 g/mol. The van der Waals surface area contributed by atoms with Crippen molar-refractivity contribution < 1.29 is 9.66 Å². The zero-order valence-corrected chi connectivity index (χ0v) is 12.9. The summed E-state index contributed by atoms with van der Waals surface area (Å²) in [5.74, 6) is 0.692. The van der Waals surface area contributed by atoms with E-state index < -0.39 is 4.92 Å². The average Bonchev–Trinajstić information content (AvgIpc) is 2.53. The van der Waals surface area contributed by atoms with Gasteiger partial charge in [-0.2, -0.15) is 5.26 Å². The maximum Gasteiger partial charge on any atom is 0.269 e. The lowest BCUT2D eigenvalue weighted by atomic mass is 10.0. The Bertz CT molecular complexity index is 772. The van der Waals surface area contributed by atoms with Crippen molar-refractivity contribution in [3.8, 4) is 11.8 Å². The molecule has 2 aromatic rings. The highest BCUT2D eigenvalue weighted by Crippen LogP contribution is 2.26. The smallest absolute Gasteiger partial charge is 0.269 e. The number of nitriles is 1. The van der Waals surface area contributed by atoms with Gasteiger partial charge in [0.15, 0.2) is 0 Å². The predicted octanol–water partition coefficient (Wildman–Crippen LogP) is 4.45. The van der Waals surface area contributed by atoms with Crippen molar-refractivity contribution in [1.82, 2.24) is 0 Å². The molecule has 0 saturated heterocycles. The van der Waals surface area contributed by atoms with Crippen molar-refractivity contribution in [1.29, 1.82) is 5.26 Å². The molecule has 0 saturated carbocycles. The van der Waals surface area contributed by atoms with E-state index >= 15 is 0 Å². The molecule has 0 bridgehead atoms. The van der Waals surface area contributed by atoms with Crippen molar-refractivity contribution in [2.24, 2.45) is 0 Å². The van der Waals surface area contributed by atoms with Crippen LogP contribution in [-0.2, 0) is 0 Å². The fraction of sp³-hybridized carbons (Fsp3) is 0.167. The number of nitro benzene ring substituents is 1. The number of benzene rings is 2. The Hall–Kier alpha value is -3.13. The number of nitro groups is 1. The maximum absolute atomic E-state index is 10.7. The van der Waals surface area contributed by atoms with Crippen molar-refractivity contribution in [3.63, 3.8) is 0 Å². The second-order valence-electron chi connectivity index (χ2n) is 5.18. The third kappa shape index (κ3) is 4.17. The number of hydrogen-bond acceptors (Lipinski definition) is 4. The molecule has 0 radical (unpaired) electrons. The maximum atomic E-state index is 10.7. The number of allylic oxidation sites excluding steroid dienone is 1. The van der Waals surface area contributed by atoms with Crippen LogP contribution in [-0.4, -0.2) is 11.0 Å². The van der Waals surface area contributed by atoms with Gasteiger partial charge in [0.25, 0.3) is 5.69 Å². The van der Waals surface area contributed by atoms with Crippen molar-refractivity contribution in [3.05, 3.63) is 69.8 Å². The zero-order valence-electron chi connectivity index (χ0n) is 12.9. The molecule has 0 unspecified atom stereocenters. The third-order valence-corrected chi connectivity index (χ3v) is 3.09. The molecule has 0 N–H and O–H groups in total. The first-order valence-corrected chi connectivity index (χ1v) is 7.13.